The predicted molar refractivity (Wildman–Crippen MR) is 93.3 cm³/mol. The monoisotopic (exact) mass is 321 g/mol. The van der Waals surface area contributed by atoms with Gasteiger partial charge in [0.1, 0.15) is 0 Å². The molecule has 0 atom stereocenters. The highest BCUT2D eigenvalue weighted by Gasteiger charge is 2.13. The maximum absolute atomic E-state index is 9.51. The van der Waals surface area contributed by atoms with Crippen molar-refractivity contribution in [1.29, 1.82) is 0 Å². The fraction of sp³-hybridized carbons (Fsp3) is 0.684. The van der Waals surface area contributed by atoms with Crippen molar-refractivity contribution in [2.45, 2.75) is 57.5 Å². The van der Waals surface area contributed by atoms with Crippen molar-refractivity contribution in [2.24, 2.45) is 0 Å². The van der Waals surface area contributed by atoms with Crippen LogP contribution in [0.2, 0.25) is 0 Å². The predicted octanol–water partition coefficient (Wildman–Crippen LogP) is 3.66. The smallest absolute Gasteiger partial charge is 0.160 e. The number of hydrogen-bond donors (Lipinski definition) is 2. The van der Waals surface area contributed by atoms with Crippen LogP contribution in [0.5, 0.6) is 11.5 Å². The lowest BCUT2D eigenvalue weighted by Gasteiger charge is -2.22. The van der Waals surface area contributed by atoms with Gasteiger partial charge in [-0.15, -0.1) is 0 Å². The molecule has 1 saturated heterocycles. The van der Waals surface area contributed by atoms with Crippen molar-refractivity contribution < 1.29 is 14.6 Å². The fourth-order valence-corrected chi connectivity index (χ4v) is 3.08. The molecule has 2 fully saturated rings. The van der Waals surface area contributed by atoms with E-state index in [1.165, 1.54) is 58.0 Å². The molecule has 1 aromatic carbocycles. The molecule has 1 aliphatic carbocycles. The van der Waals surface area contributed by atoms with E-state index in [0.29, 0.717) is 11.9 Å². The lowest BCUT2D eigenvalue weighted by Crippen LogP contribution is -2.17. The minimum absolute atomic E-state index is 0.189. The Morgan fingerprint density at radius 2 is 1.83 bits per heavy atom. The number of rotatable bonds is 5. The fourth-order valence-electron chi connectivity index (χ4n) is 3.08. The SMILES string of the molecule is C1CCNC1.COc1cc(CCOC2CCCCC2)ccc1O. The zero-order valence-electron chi connectivity index (χ0n) is 14.4. The van der Waals surface area contributed by atoms with Crippen LogP contribution in [0, 0.1) is 0 Å². The van der Waals surface area contributed by atoms with Crippen LogP contribution in [0.4, 0.5) is 0 Å². The van der Waals surface area contributed by atoms with Gasteiger partial charge in [0.25, 0.3) is 0 Å². The lowest BCUT2D eigenvalue weighted by atomic mass is 9.98. The normalized spacial score (nSPS) is 18.3. The van der Waals surface area contributed by atoms with E-state index in [1.54, 1.807) is 13.2 Å². The van der Waals surface area contributed by atoms with Gasteiger partial charge in [0.15, 0.2) is 11.5 Å². The third-order valence-electron chi connectivity index (χ3n) is 4.50. The van der Waals surface area contributed by atoms with Crippen LogP contribution in [0.15, 0.2) is 18.2 Å². The molecule has 2 aliphatic rings. The average molecular weight is 321 g/mol. The molecule has 0 spiro atoms. The minimum atomic E-state index is 0.189. The standard InChI is InChI=1S/C15H22O3.C4H9N/c1-17-15-11-12(7-8-14(15)16)9-10-18-13-5-3-2-4-6-13;1-2-4-5-3-1/h7-8,11,13,16H,2-6,9-10H2,1H3;5H,1-4H2. The van der Waals surface area contributed by atoms with Gasteiger partial charge < -0.3 is 19.9 Å². The topological polar surface area (TPSA) is 50.7 Å². The van der Waals surface area contributed by atoms with Crippen LogP contribution >= 0.6 is 0 Å². The number of hydrogen-bond acceptors (Lipinski definition) is 4. The quantitative estimate of drug-likeness (QED) is 0.869. The molecule has 4 heteroatoms. The summed E-state index contributed by atoms with van der Waals surface area (Å²) in [6.07, 6.45) is 10.5. The number of phenolic OH excluding ortho intramolecular Hbond substituents is 1. The van der Waals surface area contributed by atoms with Gasteiger partial charge in [-0.25, -0.2) is 0 Å². The molecule has 1 aliphatic heterocycles. The first kappa shape index (κ1) is 18.1. The Morgan fingerprint density at radius 3 is 2.43 bits per heavy atom. The molecule has 0 radical (unpaired) electrons. The summed E-state index contributed by atoms with van der Waals surface area (Å²) in [5.74, 6) is 0.722. The number of benzene rings is 1. The molecule has 2 N–H and O–H groups in total. The second-order valence-electron chi connectivity index (χ2n) is 6.34. The van der Waals surface area contributed by atoms with Crippen LogP contribution in [0.3, 0.4) is 0 Å². The Balaban J connectivity index is 0.000000326. The molecule has 0 aromatic heterocycles. The van der Waals surface area contributed by atoms with E-state index in [4.69, 9.17) is 9.47 Å². The highest BCUT2D eigenvalue weighted by molar-refractivity contribution is 5.41. The molecule has 0 unspecified atom stereocenters. The Labute approximate surface area is 140 Å². The summed E-state index contributed by atoms with van der Waals surface area (Å²) in [6.45, 7) is 3.25. The van der Waals surface area contributed by atoms with Crippen molar-refractivity contribution in [3.63, 3.8) is 0 Å². The van der Waals surface area contributed by atoms with E-state index in [-0.39, 0.29) is 5.75 Å². The first-order valence-corrected chi connectivity index (χ1v) is 8.98. The molecule has 130 valence electrons. The van der Waals surface area contributed by atoms with Crippen LogP contribution in [-0.2, 0) is 11.2 Å². The van der Waals surface area contributed by atoms with E-state index >= 15 is 0 Å². The summed E-state index contributed by atoms with van der Waals surface area (Å²) in [5.41, 5.74) is 1.14. The van der Waals surface area contributed by atoms with E-state index in [0.717, 1.165) is 18.6 Å². The molecule has 0 amide bonds. The Bertz CT molecular complexity index is 433. The second-order valence-corrected chi connectivity index (χ2v) is 6.34. The zero-order valence-corrected chi connectivity index (χ0v) is 14.4. The van der Waals surface area contributed by atoms with E-state index in [2.05, 4.69) is 5.32 Å². The number of phenols is 1. The van der Waals surface area contributed by atoms with Crippen molar-refractivity contribution in [3.05, 3.63) is 23.8 Å². The number of ether oxygens (including phenoxy) is 2. The van der Waals surface area contributed by atoms with Crippen molar-refractivity contribution in [3.8, 4) is 11.5 Å². The molecular weight excluding hydrogens is 290 g/mol. The van der Waals surface area contributed by atoms with Crippen molar-refractivity contribution >= 4 is 0 Å². The molecule has 1 saturated carbocycles. The summed E-state index contributed by atoms with van der Waals surface area (Å²) < 4.78 is 11.0. The molecule has 4 nitrogen and oxygen atoms in total. The van der Waals surface area contributed by atoms with E-state index in [1.807, 2.05) is 12.1 Å². The first-order chi connectivity index (χ1) is 11.3. The number of methoxy groups -OCH3 is 1. The summed E-state index contributed by atoms with van der Waals surface area (Å²) in [4.78, 5) is 0. The Kier molecular flexibility index (Phi) is 8.26. The summed E-state index contributed by atoms with van der Waals surface area (Å²) in [6, 6.07) is 5.47. The van der Waals surface area contributed by atoms with Gasteiger partial charge in [0, 0.05) is 0 Å². The van der Waals surface area contributed by atoms with Gasteiger partial charge in [-0.3, -0.25) is 0 Å². The zero-order chi connectivity index (χ0) is 16.3. The van der Waals surface area contributed by atoms with Crippen LogP contribution < -0.4 is 10.1 Å². The minimum Gasteiger partial charge on any atom is -0.504 e. The molecule has 1 aromatic rings. The summed E-state index contributed by atoms with van der Waals surface area (Å²) >= 11 is 0. The summed E-state index contributed by atoms with van der Waals surface area (Å²) in [7, 11) is 1.57. The second kappa shape index (κ2) is 10.5. The lowest BCUT2D eigenvalue weighted by molar-refractivity contribution is 0.0303. The van der Waals surface area contributed by atoms with Gasteiger partial charge in [-0.05, 0) is 62.9 Å². The van der Waals surface area contributed by atoms with Crippen LogP contribution in [0.1, 0.15) is 50.5 Å². The van der Waals surface area contributed by atoms with E-state index < -0.39 is 0 Å². The van der Waals surface area contributed by atoms with Crippen molar-refractivity contribution in [1.82, 2.24) is 5.32 Å². The highest BCUT2D eigenvalue weighted by Crippen LogP contribution is 2.26. The Morgan fingerprint density at radius 1 is 1.09 bits per heavy atom. The van der Waals surface area contributed by atoms with Gasteiger partial charge in [0.2, 0.25) is 0 Å². The highest BCUT2D eigenvalue weighted by atomic mass is 16.5. The molecule has 0 bridgehead atoms. The van der Waals surface area contributed by atoms with Crippen molar-refractivity contribution in [2.75, 3.05) is 26.8 Å². The van der Waals surface area contributed by atoms with Gasteiger partial charge in [-0.1, -0.05) is 25.3 Å². The summed E-state index contributed by atoms with van der Waals surface area (Å²) in [5, 5.41) is 12.7. The molecule has 23 heavy (non-hydrogen) atoms. The van der Waals surface area contributed by atoms with Crippen LogP contribution in [-0.4, -0.2) is 38.0 Å². The van der Waals surface area contributed by atoms with Crippen LogP contribution in [0.25, 0.3) is 0 Å². The van der Waals surface area contributed by atoms with Gasteiger partial charge in [0.05, 0.1) is 19.8 Å². The number of aromatic hydroxyl groups is 1. The van der Waals surface area contributed by atoms with E-state index in [9.17, 15) is 5.11 Å². The number of nitrogens with one attached hydrogen (secondary N) is 1. The third kappa shape index (κ3) is 6.80. The first-order valence-electron chi connectivity index (χ1n) is 8.98. The maximum Gasteiger partial charge on any atom is 0.160 e. The Hall–Kier alpha value is -1.26. The third-order valence-corrected chi connectivity index (χ3v) is 4.50. The van der Waals surface area contributed by atoms with Gasteiger partial charge >= 0.3 is 0 Å². The molecular formula is C19H31NO3. The average Bonchev–Trinajstić information content (AvgIpc) is 3.17. The van der Waals surface area contributed by atoms with Gasteiger partial charge in [-0.2, -0.15) is 0 Å². The maximum atomic E-state index is 9.51. The molecule has 1 heterocycles. The molecule has 3 rings (SSSR count). The largest absolute Gasteiger partial charge is 0.504 e.